The highest BCUT2D eigenvalue weighted by Crippen LogP contribution is 2.37. The molecule has 0 amide bonds. The summed E-state index contributed by atoms with van der Waals surface area (Å²) in [6.07, 6.45) is 10.0. The minimum Gasteiger partial charge on any atom is -0.460 e. The Morgan fingerprint density at radius 2 is 1.86 bits per heavy atom. The summed E-state index contributed by atoms with van der Waals surface area (Å²) in [5.41, 5.74) is 4.36. The molecule has 1 aromatic carbocycles. The zero-order chi connectivity index (χ0) is 20.1. The van der Waals surface area contributed by atoms with E-state index in [1.165, 1.54) is 61.6 Å². The maximum atomic E-state index is 6.14. The van der Waals surface area contributed by atoms with Gasteiger partial charge in [-0.1, -0.05) is 63.8 Å². The van der Waals surface area contributed by atoms with Crippen LogP contribution < -0.4 is 5.32 Å². The van der Waals surface area contributed by atoms with Crippen molar-refractivity contribution >= 4 is 11.0 Å². The van der Waals surface area contributed by atoms with Crippen LogP contribution in [0.5, 0.6) is 0 Å². The third kappa shape index (κ3) is 4.40. The van der Waals surface area contributed by atoms with E-state index >= 15 is 0 Å². The number of rotatable bonds is 8. The summed E-state index contributed by atoms with van der Waals surface area (Å²) in [5, 5.41) is 5.03. The first-order valence-electron chi connectivity index (χ1n) is 11.5. The quantitative estimate of drug-likeness (QED) is 0.418. The summed E-state index contributed by atoms with van der Waals surface area (Å²) in [6, 6.07) is 15.2. The Hall–Kier alpha value is -2.13. The van der Waals surface area contributed by atoms with E-state index in [-0.39, 0.29) is 0 Å². The van der Waals surface area contributed by atoms with Gasteiger partial charge in [0.25, 0.3) is 0 Å². The monoisotopic (exact) mass is 390 g/mol. The Morgan fingerprint density at radius 1 is 1.03 bits per heavy atom. The van der Waals surface area contributed by atoms with Crippen LogP contribution in [-0.4, -0.2) is 11.5 Å². The third-order valence-corrected chi connectivity index (χ3v) is 6.35. The van der Waals surface area contributed by atoms with Crippen molar-refractivity contribution in [1.82, 2.24) is 10.3 Å². The highest BCUT2D eigenvalue weighted by molar-refractivity contribution is 5.94. The zero-order valence-corrected chi connectivity index (χ0v) is 17.9. The van der Waals surface area contributed by atoms with E-state index in [1.54, 1.807) is 0 Å². The number of fused-ring (bicyclic) bond motifs is 1. The first kappa shape index (κ1) is 20.2. The van der Waals surface area contributed by atoms with Crippen LogP contribution >= 0.6 is 0 Å². The molecule has 29 heavy (non-hydrogen) atoms. The SMILES string of the molecule is CCCCNC(c1cccc(-c2c(CC)oc3ccccc23)n1)C1CCCCC1. The number of nitrogens with one attached hydrogen (secondary N) is 1. The standard InChI is InChI=1S/C26H34N2O/c1-3-5-18-27-26(19-12-7-6-8-13-19)22-16-11-15-21(28-22)25-20-14-9-10-17-24(20)29-23(25)4-2/h9-11,14-17,19,26-27H,3-8,12-13,18H2,1-2H3. The number of nitrogens with zero attached hydrogens (tertiary/aromatic N) is 1. The Bertz CT molecular complexity index is 923. The molecule has 4 rings (SSSR count). The van der Waals surface area contributed by atoms with Gasteiger partial charge in [-0.2, -0.15) is 0 Å². The molecular formula is C26H34N2O. The summed E-state index contributed by atoms with van der Waals surface area (Å²) >= 11 is 0. The van der Waals surface area contributed by atoms with Gasteiger partial charge in [0.2, 0.25) is 0 Å². The Labute approximate surface area is 174 Å². The summed E-state index contributed by atoms with van der Waals surface area (Å²) in [5.74, 6) is 1.72. The highest BCUT2D eigenvalue weighted by atomic mass is 16.3. The van der Waals surface area contributed by atoms with Gasteiger partial charge in [-0.25, -0.2) is 0 Å². The largest absolute Gasteiger partial charge is 0.460 e. The van der Waals surface area contributed by atoms with Crippen molar-refractivity contribution in [2.24, 2.45) is 5.92 Å². The van der Waals surface area contributed by atoms with E-state index < -0.39 is 0 Å². The second-order valence-electron chi connectivity index (χ2n) is 8.38. The number of aromatic nitrogens is 1. The van der Waals surface area contributed by atoms with E-state index in [1.807, 2.05) is 6.07 Å². The fourth-order valence-corrected chi connectivity index (χ4v) is 4.80. The van der Waals surface area contributed by atoms with Gasteiger partial charge in [0.15, 0.2) is 0 Å². The number of para-hydroxylation sites is 1. The van der Waals surface area contributed by atoms with Gasteiger partial charge in [0, 0.05) is 17.4 Å². The average molecular weight is 391 g/mol. The molecule has 154 valence electrons. The normalized spacial score (nSPS) is 16.3. The maximum Gasteiger partial charge on any atom is 0.134 e. The molecule has 1 atom stereocenters. The van der Waals surface area contributed by atoms with Gasteiger partial charge in [0.1, 0.15) is 11.3 Å². The van der Waals surface area contributed by atoms with Gasteiger partial charge in [-0.05, 0) is 49.9 Å². The minimum absolute atomic E-state index is 0.352. The predicted octanol–water partition coefficient (Wildman–Crippen LogP) is 7.07. The lowest BCUT2D eigenvalue weighted by molar-refractivity contribution is 0.267. The van der Waals surface area contributed by atoms with Crippen LogP contribution in [0.3, 0.4) is 0 Å². The fourth-order valence-electron chi connectivity index (χ4n) is 4.80. The number of furan rings is 1. The molecule has 3 aromatic rings. The molecular weight excluding hydrogens is 356 g/mol. The molecule has 2 heterocycles. The highest BCUT2D eigenvalue weighted by Gasteiger charge is 2.26. The first-order chi connectivity index (χ1) is 14.3. The second kappa shape index (κ2) is 9.58. The number of pyridine rings is 1. The van der Waals surface area contributed by atoms with Crippen LogP contribution in [0, 0.1) is 5.92 Å². The lowest BCUT2D eigenvalue weighted by Crippen LogP contribution is -2.31. The molecule has 0 aliphatic heterocycles. The summed E-state index contributed by atoms with van der Waals surface area (Å²) in [4.78, 5) is 5.21. The van der Waals surface area contributed by atoms with Crippen molar-refractivity contribution in [2.75, 3.05) is 6.54 Å². The number of benzene rings is 1. The molecule has 1 N–H and O–H groups in total. The zero-order valence-electron chi connectivity index (χ0n) is 17.9. The van der Waals surface area contributed by atoms with Crippen molar-refractivity contribution in [3.05, 3.63) is 53.9 Å². The van der Waals surface area contributed by atoms with Gasteiger partial charge in [-0.3, -0.25) is 4.98 Å². The maximum absolute atomic E-state index is 6.14. The van der Waals surface area contributed by atoms with Crippen molar-refractivity contribution in [3.63, 3.8) is 0 Å². The Morgan fingerprint density at radius 3 is 2.66 bits per heavy atom. The predicted molar refractivity (Wildman–Crippen MR) is 121 cm³/mol. The van der Waals surface area contributed by atoms with E-state index in [4.69, 9.17) is 9.40 Å². The van der Waals surface area contributed by atoms with Crippen molar-refractivity contribution < 1.29 is 4.42 Å². The van der Waals surface area contributed by atoms with E-state index in [2.05, 4.69) is 55.6 Å². The molecule has 0 bridgehead atoms. The van der Waals surface area contributed by atoms with Gasteiger partial charge in [0.05, 0.1) is 17.4 Å². The molecule has 3 nitrogen and oxygen atoms in total. The van der Waals surface area contributed by atoms with Crippen molar-refractivity contribution in [2.45, 2.75) is 71.3 Å². The summed E-state index contributed by atoms with van der Waals surface area (Å²) in [6.45, 7) is 5.48. The van der Waals surface area contributed by atoms with Crippen LogP contribution in [0.2, 0.25) is 0 Å². The van der Waals surface area contributed by atoms with E-state index in [0.717, 1.165) is 30.0 Å². The number of hydrogen-bond donors (Lipinski definition) is 1. The van der Waals surface area contributed by atoms with Crippen molar-refractivity contribution in [3.8, 4) is 11.3 Å². The third-order valence-electron chi connectivity index (χ3n) is 6.35. The molecule has 1 saturated carbocycles. The minimum atomic E-state index is 0.352. The van der Waals surface area contributed by atoms with E-state index in [0.29, 0.717) is 12.0 Å². The van der Waals surface area contributed by atoms with E-state index in [9.17, 15) is 0 Å². The molecule has 1 aliphatic carbocycles. The summed E-state index contributed by atoms with van der Waals surface area (Å²) in [7, 11) is 0. The Balaban J connectivity index is 1.71. The molecule has 0 saturated heterocycles. The lowest BCUT2D eigenvalue weighted by Gasteiger charge is -2.31. The number of unbranched alkanes of at least 4 members (excludes halogenated alkanes) is 1. The van der Waals surface area contributed by atoms with Crippen molar-refractivity contribution in [1.29, 1.82) is 0 Å². The van der Waals surface area contributed by atoms with Crippen LogP contribution in [-0.2, 0) is 6.42 Å². The van der Waals surface area contributed by atoms with Crippen LogP contribution in [0.25, 0.3) is 22.2 Å². The average Bonchev–Trinajstić information content (AvgIpc) is 3.16. The topological polar surface area (TPSA) is 38.1 Å². The Kier molecular flexibility index (Phi) is 6.66. The van der Waals surface area contributed by atoms with Crippen LogP contribution in [0.1, 0.15) is 76.3 Å². The number of aryl methyl sites for hydroxylation is 1. The molecule has 3 heteroatoms. The number of hydrogen-bond acceptors (Lipinski definition) is 3. The molecule has 2 aromatic heterocycles. The molecule has 0 spiro atoms. The molecule has 0 radical (unpaired) electrons. The lowest BCUT2D eigenvalue weighted by atomic mass is 9.82. The molecule has 1 aliphatic rings. The second-order valence-corrected chi connectivity index (χ2v) is 8.38. The summed E-state index contributed by atoms with van der Waals surface area (Å²) < 4.78 is 6.14. The van der Waals surface area contributed by atoms with Gasteiger partial charge < -0.3 is 9.73 Å². The smallest absolute Gasteiger partial charge is 0.134 e. The van der Waals surface area contributed by atoms with Crippen LogP contribution in [0.15, 0.2) is 46.9 Å². The van der Waals surface area contributed by atoms with Crippen LogP contribution in [0.4, 0.5) is 0 Å². The fraction of sp³-hybridized carbons (Fsp3) is 0.500. The molecule has 1 fully saturated rings. The van der Waals surface area contributed by atoms with Gasteiger partial charge in [-0.15, -0.1) is 0 Å². The first-order valence-corrected chi connectivity index (χ1v) is 11.5. The molecule has 1 unspecified atom stereocenters. The van der Waals surface area contributed by atoms with Gasteiger partial charge >= 0.3 is 0 Å².